The second-order valence-corrected chi connectivity index (χ2v) is 5.44. The van der Waals surface area contributed by atoms with Crippen molar-refractivity contribution in [3.8, 4) is 11.4 Å². The molecule has 0 saturated carbocycles. The summed E-state index contributed by atoms with van der Waals surface area (Å²) in [7, 11) is 1.55. The zero-order valence-electron chi connectivity index (χ0n) is 11.8. The summed E-state index contributed by atoms with van der Waals surface area (Å²) in [5.74, 6) is -0.415. The molecule has 0 aliphatic rings. The van der Waals surface area contributed by atoms with Crippen LogP contribution in [0.1, 0.15) is 21.6 Å². The zero-order valence-corrected chi connectivity index (χ0v) is 13.4. The van der Waals surface area contributed by atoms with Crippen molar-refractivity contribution in [2.45, 2.75) is 13.8 Å². The standard InChI is InChI=1S/C15H14BrNO4/c1-8-6-13(18)17(9(2)14(8)15(19)20)10-4-5-12(21-3)11(16)7-10/h4-7H,1-3H3,(H,19,20). The quantitative estimate of drug-likeness (QED) is 0.922. The third kappa shape index (κ3) is 2.71. The summed E-state index contributed by atoms with van der Waals surface area (Å²) in [5, 5.41) is 9.30. The van der Waals surface area contributed by atoms with Crippen molar-refractivity contribution >= 4 is 21.9 Å². The first-order valence-electron chi connectivity index (χ1n) is 6.17. The molecule has 0 aliphatic heterocycles. The van der Waals surface area contributed by atoms with Gasteiger partial charge < -0.3 is 9.84 Å². The smallest absolute Gasteiger partial charge is 0.337 e. The molecular formula is C15H14BrNO4. The molecule has 1 aromatic heterocycles. The minimum absolute atomic E-state index is 0.140. The topological polar surface area (TPSA) is 68.5 Å². The largest absolute Gasteiger partial charge is 0.496 e. The number of carboxylic acids is 1. The summed E-state index contributed by atoms with van der Waals surface area (Å²) in [5.41, 5.74) is 1.29. The first-order valence-corrected chi connectivity index (χ1v) is 6.96. The average molecular weight is 352 g/mol. The van der Waals surface area contributed by atoms with Gasteiger partial charge in [0, 0.05) is 11.8 Å². The number of aromatic carboxylic acids is 1. The molecule has 110 valence electrons. The maximum Gasteiger partial charge on any atom is 0.337 e. The van der Waals surface area contributed by atoms with Crippen LogP contribution in [0.4, 0.5) is 0 Å². The van der Waals surface area contributed by atoms with Crippen LogP contribution in [0.25, 0.3) is 5.69 Å². The van der Waals surface area contributed by atoms with E-state index in [2.05, 4.69) is 15.9 Å². The molecule has 0 bridgehead atoms. The van der Waals surface area contributed by atoms with Gasteiger partial charge in [-0.05, 0) is 53.5 Å². The highest BCUT2D eigenvalue weighted by atomic mass is 79.9. The van der Waals surface area contributed by atoms with Gasteiger partial charge in [0.1, 0.15) is 5.75 Å². The number of methoxy groups -OCH3 is 1. The Morgan fingerprint density at radius 1 is 1.29 bits per heavy atom. The summed E-state index contributed by atoms with van der Waals surface area (Å²) in [4.78, 5) is 23.6. The number of carbonyl (C=O) groups is 1. The van der Waals surface area contributed by atoms with Gasteiger partial charge in [-0.15, -0.1) is 0 Å². The van der Waals surface area contributed by atoms with Crippen molar-refractivity contribution in [3.05, 3.63) is 55.9 Å². The fourth-order valence-electron chi connectivity index (χ4n) is 2.32. The van der Waals surface area contributed by atoms with Crippen LogP contribution in [-0.2, 0) is 0 Å². The predicted molar refractivity (Wildman–Crippen MR) is 82.7 cm³/mol. The van der Waals surface area contributed by atoms with E-state index in [1.165, 1.54) is 10.6 Å². The fraction of sp³-hybridized carbons (Fsp3) is 0.200. The van der Waals surface area contributed by atoms with Gasteiger partial charge in [-0.25, -0.2) is 4.79 Å². The second-order valence-electron chi connectivity index (χ2n) is 4.59. The van der Waals surface area contributed by atoms with Crippen molar-refractivity contribution in [1.82, 2.24) is 4.57 Å². The van der Waals surface area contributed by atoms with Crippen LogP contribution < -0.4 is 10.3 Å². The number of pyridine rings is 1. The highest BCUT2D eigenvalue weighted by molar-refractivity contribution is 9.10. The van der Waals surface area contributed by atoms with Crippen LogP contribution in [-0.4, -0.2) is 22.8 Å². The second kappa shape index (κ2) is 5.73. The van der Waals surface area contributed by atoms with Gasteiger partial charge in [0.15, 0.2) is 0 Å². The van der Waals surface area contributed by atoms with E-state index in [1.807, 2.05) is 0 Å². The number of benzene rings is 1. The minimum atomic E-state index is -1.05. The zero-order chi connectivity index (χ0) is 15.7. The first-order chi connectivity index (χ1) is 9.86. The Morgan fingerprint density at radius 2 is 1.95 bits per heavy atom. The number of aryl methyl sites for hydroxylation is 1. The van der Waals surface area contributed by atoms with Crippen molar-refractivity contribution in [2.24, 2.45) is 0 Å². The van der Waals surface area contributed by atoms with E-state index >= 15 is 0 Å². The van der Waals surface area contributed by atoms with Gasteiger partial charge in [0.05, 0.1) is 22.8 Å². The molecule has 0 saturated heterocycles. The summed E-state index contributed by atoms with van der Waals surface area (Å²) in [6, 6.07) is 6.47. The summed E-state index contributed by atoms with van der Waals surface area (Å²) < 4.78 is 7.21. The van der Waals surface area contributed by atoms with Crippen LogP contribution >= 0.6 is 15.9 Å². The van der Waals surface area contributed by atoms with Crippen LogP contribution in [0, 0.1) is 13.8 Å². The summed E-state index contributed by atoms with van der Waals surface area (Å²) >= 11 is 3.36. The van der Waals surface area contributed by atoms with E-state index in [4.69, 9.17) is 4.74 Å². The molecule has 0 amide bonds. The molecule has 21 heavy (non-hydrogen) atoms. The van der Waals surface area contributed by atoms with Gasteiger partial charge in [-0.3, -0.25) is 9.36 Å². The molecule has 0 atom stereocenters. The van der Waals surface area contributed by atoms with Crippen LogP contribution in [0.5, 0.6) is 5.75 Å². The Hall–Kier alpha value is -2.08. The molecule has 5 nitrogen and oxygen atoms in total. The highest BCUT2D eigenvalue weighted by Crippen LogP contribution is 2.27. The molecule has 0 aliphatic carbocycles. The number of nitrogens with zero attached hydrogens (tertiary/aromatic N) is 1. The monoisotopic (exact) mass is 351 g/mol. The number of halogens is 1. The average Bonchev–Trinajstić information content (AvgIpc) is 2.37. The third-order valence-corrected chi connectivity index (χ3v) is 3.88. The molecule has 0 spiro atoms. The number of ether oxygens (including phenoxy) is 1. The molecule has 0 unspecified atom stereocenters. The van der Waals surface area contributed by atoms with E-state index in [9.17, 15) is 14.7 Å². The highest BCUT2D eigenvalue weighted by Gasteiger charge is 2.17. The van der Waals surface area contributed by atoms with Crippen molar-refractivity contribution in [3.63, 3.8) is 0 Å². The van der Waals surface area contributed by atoms with E-state index in [1.54, 1.807) is 39.2 Å². The SMILES string of the molecule is COc1ccc(-n2c(C)c(C(=O)O)c(C)cc2=O)cc1Br. The van der Waals surface area contributed by atoms with Gasteiger partial charge in [-0.1, -0.05) is 0 Å². The Balaban J connectivity index is 2.75. The molecule has 2 rings (SSSR count). The lowest BCUT2D eigenvalue weighted by molar-refractivity contribution is 0.0694. The number of rotatable bonds is 3. The number of hydrogen-bond acceptors (Lipinski definition) is 3. The van der Waals surface area contributed by atoms with Gasteiger partial charge in [0.25, 0.3) is 5.56 Å². The van der Waals surface area contributed by atoms with Gasteiger partial charge in [0.2, 0.25) is 0 Å². The van der Waals surface area contributed by atoms with E-state index in [0.717, 1.165) is 0 Å². The van der Waals surface area contributed by atoms with Crippen molar-refractivity contribution in [1.29, 1.82) is 0 Å². The molecule has 1 heterocycles. The van der Waals surface area contributed by atoms with E-state index < -0.39 is 5.97 Å². The number of hydrogen-bond donors (Lipinski definition) is 1. The Kier molecular flexibility index (Phi) is 4.18. The Labute approximate surface area is 129 Å². The maximum absolute atomic E-state index is 12.2. The molecule has 1 N–H and O–H groups in total. The lowest BCUT2D eigenvalue weighted by Gasteiger charge is -2.15. The third-order valence-electron chi connectivity index (χ3n) is 3.26. The van der Waals surface area contributed by atoms with Crippen molar-refractivity contribution < 1.29 is 14.6 Å². The maximum atomic E-state index is 12.2. The van der Waals surface area contributed by atoms with E-state index in [-0.39, 0.29) is 11.1 Å². The van der Waals surface area contributed by atoms with Crippen LogP contribution in [0.15, 0.2) is 33.5 Å². The van der Waals surface area contributed by atoms with Crippen LogP contribution in [0.2, 0.25) is 0 Å². The van der Waals surface area contributed by atoms with Gasteiger partial charge in [-0.2, -0.15) is 0 Å². The Bertz CT molecular complexity index is 780. The molecule has 6 heteroatoms. The lowest BCUT2D eigenvalue weighted by Crippen LogP contribution is -2.24. The molecular weight excluding hydrogens is 338 g/mol. The normalized spacial score (nSPS) is 10.5. The Morgan fingerprint density at radius 3 is 2.48 bits per heavy atom. The van der Waals surface area contributed by atoms with Gasteiger partial charge >= 0.3 is 5.97 Å². The summed E-state index contributed by atoms with van der Waals surface area (Å²) in [6.07, 6.45) is 0. The molecule has 0 radical (unpaired) electrons. The summed E-state index contributed by atoms with van der Waals surface area (Å²) in [6.45, 7) is 3.24. The predicted octanol–water partition coefficient (Wildman–Crippen LogP) is 2.92. The minimum Gasteiger partial charge on any atom is -0.496 e. The number of carboxylic acid groups (broad SMARTS) is 1. The molecule has 2 aromatic rings. The van der Waals surface area contributed by atoms with Crippen LogP contribution in [0.3, 0.4) is 0 Å². The molecule has 1 aromatic carbocycles. The van der Waals surface area contributed by atoms with Crippen molar-refractivity contribution in [2.75, 3.05) is 7.11 Å². The lowest BCUT2D eigenvalue weighted by atomic mass is 10.1. The first kappa shape index (κ1) is 15.3. The van der Waals surface area contributed by atoms with E-state index in [0.29, 0.717) is 27.2 Å². The molecule has 0 fully saturated rings. The fourth-order valence-corrected chi connectivity index (χ4v) is 2.85. The number of aromatic nitrogens is 1.